The summed E-state index contributed by atoms with van der Waals surface area (Å²) in [6.45, 7) is 12.1. The van der Waals surface area contributed by atoms with Crippen molar-refractivity contribution in [2.45, 2.75) is 39.7 Å². The van der Waals surface area contributed by atoms with Crippen LogP contribution >= 0.6 is 0 Å². The lowest BCUT2D eigenvalue weighted by atomic mass is 10.4. The average Bonchev–Trinajstić information content (AvgIpc) is 2.25. The van der Waals surface area contributed by atoms with Gasteiger partial charge in [0.15, 0.2) is 5.91 Å². The molecule has 0 heterocycles. The van der Waals surface area contributed by atoms with Crippen molar-refractivity contribution in [1.29, 1.82) is 0 Å². The summed E-state index contributed by atoms with van der Waals surface area (Å²) in [5.74, 6) is -0.703. The third-order valence-corrected chi connectivity index (χ3v) is 4.29. The molecule has 0 aliphatic carbocycles. The minimum Gasteiger partial charge on any atom is -0.513 e. The van der Waals surface area contributed by atoms with Gasteiger partial charge in [-0.1, -0.05) is 13.5 Å². The number of rotatable bonds is 8. The highest BCUT2D eigenvalue weighted by Crippen LogP contribution is 2.09. The van der Waals surface area contributed by atoms with E-state index in [1.54, 1.807) is 6.92 Å². The van der Waals surface area contributed by atoms with Crippen LogP contribution in [-0.4, -0.2) is 34.1 Å². The Hall–Kier alpha value is -0.653. The molecule has 0 aromatic carbocycles. The minimum atomic E-state index is -1.83. The zero-order chi connectivity index (χ0) is 12.6. The molecule has 1 unspecified atom stereocenters. The van der Waals surface area contributed by atoms with Crippen LogP contribution in [0.2, 0.25) is 6.04 Å². The molecule has 0 aliphatic heterocycles. The molecule has 0 N–H and O–H groups in total. The van der Waals surface area contributed by atoms with Gasteiger partial charge in [0.2, 0.25) is 0 Å². The molecule has 0 radical (unpaired) electrons. The standard InChI is InChI=1S/C11H22O4Si/c1-6-13-11(14-7-2)16(8-3)15-10(12)9(4)5/h11,16H,4,6-8H2,1-3,5H3. The maximum Gasteiger partial charge on any atom is 0.319 e. The molecular weight excluding hydrogens is 224 g/mol. The van der Waals surface area contributed by atoms with E-state index in [1.807, 2.05) is 20.8 Å². The Balaban J connectivity index is 4.40. The molecule has 16 heavy (non-hydrogen) atoms. The lowest BCUT2D eigenvalue weighted by molar-refractivity contribution is -0.134. The largest absolute Gasteiger partial charge is 0.513 e. The van der Waals surface area contributed by atoms with E-state index in [4.69, 9.17) is 13.9 Å². The van der Waals surface area contributed by atoms with Crippen LogP contribution < -0.4 is 0 Å². The summed E-state index contributed by atoms with van der Waals surface area (Å²) in [6, 6.07) is 0.781. The maximum atomic E-state index is 11.4. The van der Waals surface area contributed by atoms with E-state index in [1.165, 1.54) is 0 Å². The third-order valence-electron chi connectivity index (χ3n) is 1.97. The van der Waals surface area contributed by atoms with Gasteiger partial charge >= 0.3 is 5.97 Å². The predicted octanol–water partition coefficient (Wildman–Crippen LogP) is 1.79. The van der Waals surface area contributed by atoms with Gasteiger partial charge in [0.05, 0.1) is 0 Å². The molecule has 94 valence electrons. The first kappa shape index (κ1) is 15.3. The minimum absolute atomic E-state index is 0.345. The van der Waals surface area contributed by atoms with Crippen molar-refractivity contribution in [1.82, 2.24) is 0 Å². The molecule has 0 fully saturated rings. The summed E-state index contributed by atoms with van der Waals surface area (Å²) in [7, 11) is -1.83. The Kier molecular flexibility index (Phi) is 8.15. The van der Waals surface area contributed by atoms with E-state index in [2.05, 4.69) is 6.58 Å². The van der Waals surface area contributed by atoms with Gasteiger partial charge in [-0.05, 0) is 26.8 Å². The van der Waals surface area contributed by atoms with Crippen molar-refractivity contribution in [3.05, 3.63) is 12.2 Å². The smallest absolute Gasteiger partial charge is 0.319 e. The molecule has 0 rings (SSSR count). The number of carbonyl (C=O) groups excluding carboxylic acids is 1. The van der Waals surface area contributed by atoms with Gasteiger partial charge < -0.3 is 13.9 Å². The highest BCUT2D eigenvalue weighted by Gasteiger charge is 2.27. The fourth-order valence-corrected chi connectivity index (χ4v) is 3.11. The Labute approximate surface area is 99.3 Å². The van der Waals surface area contributed by atoms with Crippen molar-refractivity contribution < 1.29 is 18.7 Å². The third kappa shape index (κ3) is 5.44. The van der Waals surface area contributed by atoms with Crippen LogP contribution in [-0.2, 0) is 18.7 Å². The van der Waals surface area contributed by atoms with E-state index in [0.29, 0.717) is 18.8 Å². The number of carbonyl (C=O) groups is 1. The molecule has 0 aromatic rings. The van der Waals surface area contributed by atoms with Crippen molar-refractivity contribution in [2.75, 3.05) is 13.2 Å². The first-order valence-electron chi connectivity index (χ1n) is 5.66. The van der Waals surface area contributed by atoms with Crippen molar-refractivity contribution in [3.63, 3.8) is 0 Å². The predicted molar refractivity (Wildman–Crippen MR) is 65.6 cm³/mol. The van der Waals surface area contributed by atoms with Gasteiger partial charge in [-0.3, -0.25) is 0 Å². The summed E-state index contributed by atoms with van der Waals surface area (Å²) < 4.78 is 16.3. The summed E-state index contributed by atoms with van der Waals surface area (Å²) in [5, 5.41) is 0. The highest BCUT2D eigenvalue weighted by atomic mass is 28.3. The van der Waals surface area contributed by atoms with Crippen LogP contribution in [0.3, 0.4) is 0 Å². The molecular formula is C11H22O4Si. The normalized spacial score (nSPS) is 12.6. The van der Waals surface area contributed by atoms with Crippen LogP contribution in [0.25, 0.3) is 0 Å². The van der Waals surface area contributed by atoms with Crippen LogP contribution in [0.1, 0.15) is 27.7 Å². The van der Waals surface area contributed by atoms with E-state index in [0.717, 1.165) is 6.04 Å². The van der Waals surface area contributed by atoms with Gasteiger partial charge in [-0.2, -0.15) is 0 Å². The molecule has 0 bridgehead atoms. The molecule has 0 amide bonds. The van der Waals surface area contributed by atoms with Gasteiger partial charge in [0.25, 0.3) is 9.04 Å². The van der Waals surface area contributed by atoms with Crippen molar-refractivity contribution in [3.8, 4) is 0 Å². The average molecular weight is 246 g/mol. The number of ether oxygens (including phenoxy) is 2. The van der Waals surface area contributed by atoms with Crippen LogP contribution in [0.15, 0.2) is 12.2 Å². The molecule has 0 aromatic heterocycles. The van der Waals surface area contributed by atoms with Crippen LogP contribution in [0.5, 0.6) is 0 Å². The second kappa shape index (κ2) is 8.49. The van der Waals surface area contributed by atoms with E-state index < -0.39 is 9.04 Å². The van der Waals surface area contributed by atoms with Crippen molar-refractivity contribution >= 4 is 15.0 Å². The Morgan fingerprint density at radius 1 is 1.25 bits per heavy atom. The lowest BCUT2D eigenvalue weighted by Gasteiger charge is -2.24. The molecule has 4 nitrogen and oxygen atoms in total. The summed E-state index contributed by atoms with van der Waals surface area (Å²) in [4.78, 5) is 11.4. The van der Waals surface area contributed by atoms with Gasteiger partial charge in [-0.15, -0.1) is 0 Å². The molecule has 0 aliphatic rings. The number of hydrogen-bond donors (Lipinski definition) is 0. The first-order valence-corrected chi connectivity index (χ1v) is 7.61. The van der Waals surface area contributed by atoms with Crippen LogP contribution in [0.4, 0.5) is 0 Å². The molecule has 1 atom stereocenters. The van der Waals surface area contributed by atoms with Crippen molar-refractivity contribution in [2.24, 2.45) is 0 Å². The van der Waals surface area contributed by atoms with Gasteiger partial charge in [-0.25, -0.2) is 4.79 Å². The number of hydrogen-bond acceptors (Lipinski definition) is 4. The van der Waals surface area contributed by atoms with E-state index in [-0.39, 0.29) is 11.9 Å². The summed E-state index contributed by atoms with van der Waals surface area (Å²) in [6.07, 6.45) is 0. The van der Waals surface area contributed by atoms with Crippen LogP contribution in [0, 0.1) is 0 Å². The SMILES string of the molecule is C=C(C)C(=O)O[SiH](CC)C(OCC)OCC. The quantitative estimate of drug-likeness (QED) is 0.372. The van der Waals surface area contributed by atoms with E-state index in [9.17, 15) is 4.79 Å². The lowest BCUT2D eigenvalue weighted by Crippen LogP contribution is -2.39. The Morgan fingerprint density at radius 3 is 2.06 bits per heavy atom. The maximum absolute atomic E-state index is 11.4. The van der Waals surface area contributed by atoms with E-state index >= 15 is 0 Å². The summed E-state index contributed by atoms with van der Waals surface area (Å²) >= 11 is 0. The van der Waals surface area contributed by atoms with Gasteiger partial charge in [0.1, 0.15) is 0 Å². The molecule has 5 heteroatoms. The highest BCUT2D eigenvalue weighted by molar-refractivity contribution is 6.55. The first-order chi connectivity index (χ1) is 7.56. The van der Waals surface area contributed by atoms with Gasteiger partial charge in [0, 0.05) is 18.8 Å². The Bertz CT molecular complexity index is 224. The topological polar surface area (TPSA) is 44.8 Å². The fourth-order valence-electron chi connectivity index (χ4n) is 1.16. The monoisotopic (exact) mass is 246 g/mol. The zero-order valence-electron chi connectivity index (χ0n) is 10.6. The molecule has 0 saturated carbocycles. The second-order valence-electron chi connectivity index (χ2n) is 3.41. The Morgan fingerprint density at radius 2 is 1.75 bits per heavy atom. The molecule has 0 saturated heterocycles. The zero-order valence-corrected chi connectivity index (χ0v) is 11.8. The fraction of sp³-hybridized carbons (Fsp3) is 0.727. The molecule has 0 spiro atoms. The second-order valence-corrected chi connectivity index (χ2v) is 6.08. The summed E-state index contributed by atoms with van der Waals surface area (Å²) in [5.41, 5.74) is 0.415.